The first-order valence-corrected chi connectivity index (χ1v) is 12.6. The maximum atomic E-state index is 13.4. The van der Waals surface area contributed by atoms with Gasteiger partial charge < -0.3 is 29.4 Å². The first-order chi connectivity index (χ1) is 18.4. The van der Waals surface area contributed by atoms with E-state index < -0.39 is 0 Å². The van der Waals surface area contributed by atoms with Crippen molar-refractivity contribution in [2.45, 2.75) is 33.4 Å². The van der Waals surface area contributed by atoms with Gasteiger partial charge in [0.15, 0.2) is 11.5 Å². The highest BCUT2D eigenvalue weighted by molar-refractivity contribution is 5.83. The summed E-state index contributed by atoms with van der Waals surface area (Å²) in [7, 11) is 1.63. The Bertz CT molecular complexity index is 1530. The van der Waals surface area contributed by atoms with Gasteiger partial charge in [-0.25, -0.2) is 4.79 Å². The number of benzene rings is 3. The SMILES string of the molecule is COc1ccc(CCNC(=O)N(Cc2ccc3c(c2)OCO3)Cc2cc3cc(C)cc(C)c3[nH]c2=O)cc1. The Morgan fingerprint density at radius 1 is 0.974 bits per heavy atom. The Hall–Kier alpha value is -4.46. The molecule has 0 radical (unpaired) electrons. The molecule has 0 unspecified atom stereocenters. The van der Waals surface area contributed by atoms with Gasteiger partial charge >= 0.3 is 6.03 Å². The second-order valence-corrected chi connectivity index (χ2v) is 9.54. The van der Waals surface area contributed by atoms with Gasteiger partial charge in [0.1, 0.15) is 5.75 Å². The zero-order valence-electron chi connectivity index (χ0n) is 21.8. The predicted molar refractivity (Wildman–Crippen MR) is 146 cm³/mol. The number of rotatable bonds is 8. The van der Waals surface area contributed by atoms with Crippen molar-refractivity contribution in [1.29, 1.82) is 0 Å². The molecular weight excluding hydrogens is 482 g/mol. The fourth-order valence-electron chi connectivity index (χ4n) is 4.73. The molecular formula is C30H31N3O5. The van der Waals surface area contributed by atoms with Crippen molar-refractivity contribution < 1.29 is 19.0 Å². The molecule has 8 heteroatoms. The van der Waals surface area contributed by atoms with Gasteiger partial charge in [-0.05, 0) is 78.7 Å². The lowest BCUT2D eigenvalue weighted by Gasteiger charge is -2.23. The van der Waals surface area contributed by atoms with Crippen LogP contribution in [0.2, 0.25) is 0 Å². The number of aromatic nitrogens is 1. The highest BCUT2D eigenvalue weighted by Gasteiger charge is 2.19. The van der Waals surface area contributed by atoms with E-state index in [0.29, 0.717) is 36.6 Å². The number of fused-ring (bicyclic) bond motifs is 2. The molecule has 0 saturated heterocycles. The Balaban J connectivity index is 1.37. The second kappa shape index (κ2) is 10.9. The number of amides is 2. The maximum Gasteiger partial charge on any atom is 0.318 e. The van der Waals surface area contributed by atoms with Crippen LogP contribution in [0, 0.1) is 13.8 Å². The average Bonchev–Trinajstić information content (AvgIpc) is 3.37. The molecule has 0 atom stereocenters. The molecule has 3 aromatic carbocycles. The molecule has 1 aliphatic rings. The van der Waals surface area contributed by atoms with E-state index >= 15 is 0 Å². The van der Waals surface area contributed by atoms with Crippen LogP contribution in [-0.2, 0) is 19.5 Å². The third kappa shape index (κ3) is 5.59. The minimum absolute atomic E-state index is 0.154. The fourth-order valence-corrected chi connectivity index (χ4v) is 4.73. The highest BCUT2D eigenvalue weighted by atomic mass is 16.7. The summed E-state index contributed by atoms with van der Waals surface area (Å²) in [5, 5.41) is 3.96. The van der Waals surface area contributed by atoms with Crippen molar-refractivity contribution in [2.24, 2.45) is 0 Å². The van der Waals surface area contributed by atoms with Gasteiger partial charge in [-0.15, -0.1) is 0 Å². The number of carbonyl (C=O) groups excluding carboxylic acids is 1. The monoisotopic (exact) mass is 513 g/mol. The number of aryl methyl sites for hydroxylation is 2. The van der Waals surface area contributed by atoms with Gasteiger partial charge in [-0.2, -0.15) is 0 Å². The van der Waals surface area contributed by atoms with Crippen LogP contribution < -0.4 is 25.1 Å². The molecule has 0 saturated carbocycles. The van der Waals surface area contributed by atoms with Crippen LogP contribution in [-0.4, -0.2) is 36.4 Å². The summed E-state index contributed by atoms with van der Waals surface area (Å²) in [6.45, 7) is 5.10. The van der Waals surface area contributed by atoms with Crippen molar-refractivity contribution >= 4 is 16.9 Å². The Labute approximate surface area is 221 Å². The minimum atomic E-state index is -0.254. The Kier molecular flexibility index (Phi) is 7.22. The Morgan fingerprint density at radius 2 is 1.74 bits per heavy atom. The fraction of sp³-hybridized carbons (Fsp3) is 0.267. The van der Waals surface area contributed by atoms with E-state index in [-0.39, 0.29) is 24.9 Å². The van der Waals surface area contributed by atoms with Crippen molar-refractivity contribution in [2.75, 3.05) is 20.4 Å². The number of H-pyrrole nitrogens is 1. The number of nitrogens with one attached hydrogen (secondary N) is 2. The highest BCUT2D eigenvalue weighted by Crippen LogP contribution is 2.33. The molecule has 0 fully saturated rings. The number of urea groups is 1. The standard InChI is InChI=1S/C30H31N3O5/c1-19-12-20(2)28-23(13-19)15-24(29(34)32-28)17-33(16-22-6-9-26-27(14-22)38-18-37-26)30(35)31-11-10-21-4-7-25(36-3)8-5-21/h4-9,12-15H,10-11,16-18H2,1-3H3,(H,31,35)(H,32,34). The second-order valence-electron chi connectivity index (χ2n) is 9.54. The lowest BCUT2D eigenvalue weighted by Crippen LogP contribution is -2.41. The molecule has 1 aromatic heterocycles. The molecule has 2 N–H and O–H groups in total. The normalized spacial score (nSPS) is 12.0. The summed E-state index contributed by atoms with van der Waals surface area (Å²) in [5.41, 5.74) is 5.22. The molecule has 5 rings (SSSR count). The molecule has 0 bridgehead atoms. The third-order valence-corrected chi connectivity index (χ3v) is 6.68. The van der Waals surface area contributed by atoms with Crippen LogP contribution in [0.1, 0.15) is 27.8 Å². The smallest absolute Gasteiger partial charge is 0.318 e. The number of pyridine rings is 1. The van der Waals surface area contributed by atoms with E-state index in [0.717, 1.165) is 38.9 Å². The van der Waals surface area contributed by atoms with Gasteiger partial charge in [0.05, 0.1) is 19.2 Å². The number of hydrogen-bond acceptors (Lipinski definition) is 5. The number of nitrogens with zero attached hydrogens (tertiary/aromatic N) is 1. The third-order valence-electron chi connectivity index (χ3n) is 6.68. The summed E-state index contributed by atoms with van der Waals surface area (Å²) in [6.07, 6.45) is 0.669. The van der Waals surface area contributed by atoms with Crippen LogP contribution in [0.5, 0.6) is 17.2 Å². The van der Waals surface area contributed by atoms with E-state index in [1.165, 1.54) is 0 Å². The first-order valence-electron chi connectivity index (χ1n) is 12.6. The maximum absolute atomic E-state index is 13.4. The Morgan fingerprint density at radius 3 is 2.53 bits per heavy atom. The summed E-state index contributed by atoms with van der Waals surface area (Å²) in [6, 6.07) is 19.1. The van der Waals surface area contributed by atoms with Gasteiger partial charge in [0.25, 0.3) is 5.56 Å². The quantitative estimate of drug-likeness (QED) is 0.352. The zero-order valence-corrected chi connectivity index (χ0v) is 21.8. The average molecular weight is 514 g/mol. The number of carbonyl (C=O) groups is 1. The van der Waals surface area contributed by atoms with E-state index in [1.54, 1.807) is 12.0 Å². The lowest BCUT2D eigenvalue weighted by molar-refractivity contribution is 0.173. The van der Waals surface area contributed by atoms with Crippen molar-refractivity contribution in [3.8, 4) is 17.2 Å². The number of aromatic amines is 1. The molecule has 2 amide bonds. The molecule has 38 heavy (non-hydrogen) atoms. The van der Waals surface area contributed by atoms with Gasteiger partial charge in [0.2, 0.25) is 6.79 Å². The van der Waals surface area contributed by atoms with Crippen LogP contribution in [0.3, 0.4) is 0 Å². The van der Waals surface area contributed by atoms with Crippen LogP contribution >= 0.6 is 0 Å². The topological polar surface area (TPSA) is 92.9 Å². The van der Waals surface area contributed by atoms with E-state index in [2.05, 4.69) is 10.3 Å². The summed E-state index contributed by atoms with van der Waals surface area (Å²) in [5.74, 6) is 2.12. The van der Waals surface area contributed by atoms with Crippen molar-refractivity contribution in [1.82, 2.24) is 15.2 Å². The molecule has 0 aliphatic carbocycles. The summed E-state index contributed by atoms with van der Waals surface area (Å²) >= 11 is 0. The van der Waals surface area contributed by atoms with Crippen LogP contribution in [0.25, 0.3) is 10.9 Å². The first kappa shape index (κ1) is 25.2. The van der Waals surface area contributed by atoms with Gasteiger partial charge in [0, 0.05) is 18.7 Å². The number of methoxy groups -OCH3 is 1. The summed E-state index contributed by atoms with van der Waals surface area (Å²) < 4.78 is 16.1. The van der Waals surface area contributed by atoms with Crippen molar-refractivity contribution in [3.63, 3.8) is 0 Å². The van der Waals surface area contributed by atoms with E-state index in [4.69, 9.17) is 14.2 Å². The molecule has 196 valence electrons. The summed E-state index contributed by atoms with van der Waals surface area (Å²) in [4.78, 5) is 31.1. The van der Waals surface area contributed by atoms with Gasteiger partial charge in [-0.3, -0.25) is 4.79 Å². The minimum Gasteiger partial charge on any atom is -0.497 e. The lowest BCUT2D eigenvalue weighted by atomic mass is 10.0. The van der Waals surface area contributed by atoms with Gasteiger partial charge in [-0.1, -0.05) is 29.8 Å². The van der Waals surface area contributed by atoms with Crippen molar-refractivity contribution in [3.05, 3.63) is 98.8 Å². The van der Waals surface area contributed by atoms with Crippen LogP contribution in [0.4, 0.5) is 4.79 Å². The molecule has 8 nitrogen and oxygen atoms in total. The molecule has 1 aliphatic heterocycles. The number of ether oxygens (including phenoxy) is 3. The number of hydrogen-bond donors (Lipinski definition) is 2. The zero-order chi connectivity index (χ0) is 26.6. The van der Waals surface area contributed by atoms with E-state index in [1.807, 2.05) is 74.5 Å². The molecule has 0 spiro atoms. The van der Waals surface area contributed by atoms with Crippen LogP contribution in [0.15, 0.2) is 65.5 Å². The molecule has 4 aromatic rings. The largest absolute Gasteiger partial charge is 0.497 e. The molecule has 2 heterocycles. The van der Waals surface area contributed by atoms with E-state index in [9.17, 15) is 9.59 Å². The predicted octanol–water partition coefficient (Wildman–Crippen LogP) is 4.84.